The van der Waals surface area contributed by atoms with E-state index in [0.717, 1.165) is 31.5 Å². The van der Waals surface area contributed by atoms with Crippen LogP contribution < -0.4 is 16.4 Å². The number of halogens is 1. The van der Waals surface area contributed by atoms with E-state index in [0.29, 0.717) is 11.6 Å². The number of rotatable bonds is 8. The van der Waals surface area contributed by atoms with Crippen LogP contribution in [0.5, 0.6) is 0 Å². The number of hydrogen-bond donors (Lipinski definition) is 3. The molecule has 2 amide bonds. The molecule has 1 aliphatic rings. The lowest BCUT2D eigenvalue weighted by Gasteiger charge is -2.28. The van der Waals surface area contributed by atoms with Crippen LogP contribution in [0.3, 0.4) is 0 Å². The third-order valence-corrected chi connectivity index (χ3v) is 4.99. The molecule has 0 radical (unpaired) electrons. The lowest BCUT2D eigenvalue weighted by Crippen LogP contribution is -2.48. The lowest BCUT2D eigenvalue weighted by atomic mass is 10.1. The minimum absolute atomic E-state index is 0.0282. The van der Waals surface area contributed by atoms with Crippen molar-refractivity contribution in [1.29, 1.82) is 0 Å². The van der Waals surface area contributed by atoms with E-state index in [-0.39, 0.29) is 30.3 Å². The number of carbonyl (C=O) groups is 2. The van der Waals surface area contributed by atoms with Gasteiger partial charge in [-0.25, -0.2) is 0 Å². The molecule has 6 nitrogen and oxygen atoms in total. The van der Waals surface area contributed by atoms with Gasteiger partial charge in [-0.15, -0.1) is 0 Å². The summed E-state index contributed by atoms with van der Waals surface area (Å²) < 4.78 is 0. The van der Waals surface area contributed by atoms with Crippen molar-refractivity contribution in [3.63, 3.8) is 0 Å². The van der Waals surface area contributed by atoms with Crippen LogP contribution in [0.2, 0.25) is 5.02 Å². The molecule has 1 aromatic rings. The number of likely N-dealkylation sites (tertiary alicyclic amines) is 1. The first kappa shape index (κ1) is 20.7. The van der Waals surface area contributed by atoms with Crippen LogP contribution in [-0.2, 0) is 9.59 Å². The maximum Gasteiger partial charge on any atom is 0.239 e. The fraction of sp³-hybridized carbons (Fsp3) is 0.579. The monoisotopic (exact) mass is 380 g/mol. The summed E-state index contributed by atoms with van der Waals surface area (Å²) in [6.45, 7) is 6.17. The summed E-state index contributed by atoms with van der Waals surface area (Å²) in [4.78, 5) is 26.4. The molecule has 1 saturated heterocycles. The summed E-state index contributed by atoms with van der Waals surface area (Å²) in [5.74, 6) is -0.498. The second-order valence-corrected chi connectivity index (χ2v) is 7.54. The fourth-order valence-electron chi connectivity index (χ4n) is 3.09. The number of amides is 2. The van der Waals surface area contributed by atoms with E-state index in [4.69, 9.17) is 17.3 Å². The third-order valence-electron chi connectivity index (χ3n) is 4.75. The fourth-order valence-corrected chi connectivity index (χ4v) is 3.28. The van der Waals surface area contributed by atoms with E-state index in [1.165, 1.54) is 0 Å². The van der Waals surface area contributed by atoms with Crippen molar-refractivity contribution in [3.05, 3.63) is 34.9 Å². The quantitative estimate of drug-likeness (QED) is 0.640. The summed E-state index contributed by atoms with van der Waals surface area (Å²) in [6, 6.07) is 7.22. The second-order valence-electron chi connectivity index (χ2n) is 7.11. The van der Waals surface area contributed by atoms with Gasteiger partial charge in [0, 0.05) is 11.6 Å². The van der Waals surface area contributed by atoms with Crippen molar-refractivity contribution in [2.45, 2.75) is 38.8 Å². The molecule has 1 fully saturated rings. The zero-order chi connectivity index (χ0) is 19.1. The Morgan fingerprint density at radius 1 is 1.23 bits per heavy atom. The summed E-state index contributed by atoms with van der Waals surface area (Å²) >= 11 is 6.13. The predicted octanol–water partition coefficient (Wildman–Crippen LogP) is 1.69. The van der Waals surface area contributed by atoms with Crippen LogP contribution in [0.15, 0.2) is 24.3 Å². The van der Waals surface area contributed by atoms with E-state index >= 15 is 0 Å². The Morgan fingerprint density at radius 3 is 2.54 bits per heavy atom. The molecule has 1 aromatic carbocycles. The molecule has 144 valence electrons. The molecular formula is C19H29ClN4O2. The van der Waals surface area contributed by atoms with Crippen LogP contribution in [0.4, 0.5) is 0 Å². The Labute approximate surface area is 160 Å². The molecule has 0 aromatic heterocycles. The van der Waals surface area contributed by atoms with Crippen molar-refractivity contribution in [3.8, 4) is 0 Å². The van der Waals surface area contributed by atoms with Gasteiger partial charge in [-0.05, 0) is 49.5 Å². The SMILES string of the molecule is CC(C)[C@H](N)C(=O)NCC(=O)NCC(c1cccc(Cl)c1)N1CCCC1. The molecule has 1 aliphatic heterocycles. The number of nitrogens with two attached hydrogens (primary N) is 1. The average Bonchev–Trinajstić information content (AvgIpc) is 3.13. The van der Waals surface area contributed by atoms with Crippen LogP contribution in [0.1, 0.15) is 38.3 Å². The maximum atomic E-state index is 12.1. The molecule has 7 heteroatoms. The standard InChI is InChI=1S/C19H29ClN4O2/c1-13(2)18(21)19(26)23-12-17(25)22-11-16(24-8-3-4-9-24)14-6-5-7-15(20)10-14/h5-7,10,13,16,18H,3-4,8-9,11-12,21H2,1-2H3,(H,22,25)(H,23,26)/t16?,18-/m0/s1. The van der Waals surface area contributed by atoms with Crippen molar-refractivity contribution in [2.75, 3.05) is 26.2 Å². The molecule has 0 aliphatic carbocycles. The smallest absolute Gasteiger partial charge is 0.239 e. The Bertz CT molecular complexity index is 617. The zero-order valence-corrected chi connectivity index (χ0v) is 16.3. The summed E-state index contributed by atoms with van der Waals surface area (Å²) in [5.41, 5.74) is 6.87. The highest BCUT2D eigenvalue weighted by Crippen LogP contribution is 2.26. The first-order valence-corrected chi connectivity index (χ1v) is 9.55. The van der Waals surface area contributed by atoms with E-state index in [2.05, 4.69) is 15.5 Å². The summed E-state index contributed by atoms with van der Waals surface area (Å²) in [5, 5.41) is 6.20. The van der Waals surface area contributed by atoms with Gasteiger partial charge in [0.2, 0.25) is 11.8 Å². The Hall–Kier alpha value is -1.63. The van der Waals surface area contributed by atoms with Gasteiger partial charge in [0.25, 0.3) is 0 Å². The van der Waals surface area contributed by atoms with Gasteiger partial charge >= 0.3 is 0 Å². The maximum absolute atomic E-state index is 12.1. The molecule has 1 heterocycles. The van der Waals surface area contributed by atoms with Crippen LogP contribution >= 0.6 is 11.6 Å². The van der Waals surface area contributed by atoms with E-state index < -0.39 is 6.04 Å². The zero-order valence-electron chi connectivity index (χ0n) is 15.5. The predicted molar refractivity (Wildman–Crippen MR) is 104 cm³/mol. The number of nitrogens with zero attached hydrogens (tertiary/aromatic N) is 1. The molecule has 4 N–H and O–H groups in total. The van der Waals surface area contributed by atoms with E-state index in [1.54, 1.807) is 0 Å². The molecule has 0 bridgehead atoms. The topological polar surface area (TPSA) is 87.5 Å². The Kier molecular flexibility index (Phi) is 7.87. The molecule has 0 spiro atoms. The van der Waals surface area contributed by atoms with Gasteiger partial charge in [0.1, 0.15) is 0 Å². The molecule has 2 atom stereocenters. The van der Waals surface area contributed by atoms with E-state index in [9.17, 15) is 9.59 Å². The highest BCUT2D eigenvalue weighted by molar-refractivity contribution is 6.30. The lowest BCUT2D eigenvalue weighted by molar-refractivity contribution is -0.127. The van der Waals surface area contributed by atoms with Gasteiger partial charge in [-0.3, -0.25) is 14.5 Å². The van der Waals surface area contributed by atoms with Crippen LogP contribution in [-0.4, -0.2) is 48.9 Å². The van der Waals surface area contributed by atoms with Crippen LogP contribution in [0.25, 0.3) is 0 Å². The van der Waals surface area contributed by atoms with Crippen molar-refractivity contribution < 1.29 is 9.59 Å². The van der Waals surface area contributed by atoms with Gasteiger partial charge in [-0.1, -0.05) is 37.6 Å². The number of benzene rings is 1. The Morgan fingerprint density at radius 2 is 1.92 bits per heavy atom. The second kappa shape index (κ2) is 9.90. The molecule has 1 unspecified atom stereocenters. The van der Waals surface area contributed by atoms with Gasteiger partial charge in [-0.2, -0.15) is 0 Å². The normalized spacial score (nSPS) is 17.1. The summed E-state index contributed by atoms with van der Waals surface area (Å²) in [7, 11) is 0. The number of carbonyl (C=O) groups excluding carboxylic acids is 2. The molecular weight excluding hydrogens is 352 g/mol. The average molecular weight is 381 g/mol. The first-order valence-electron chi connectivity index (χ1n) is 9.18. The first-order chi connectivity index (χ1) is 12.4. The summed E-state index contributed by atoms with van der Waals surface area (Å²) in [6.07, 6.45) is 2.32. The highest BCUT2D eigenvalue weighted by Gasteiger charge is 2.24. The minimum atomic E-state index is -0.605. The number of hydrogen-bond acceptors (Lipinski definition) is 4. The molecule has 2 rings (SSSR count). The van der Waals surface area contributed by atoms with Crippen molar-refractivity contribution in [1.82, 2.24) is 15.5 Å². The van der Waals surface area contributed by atoms with Crippen molar-refractivity contribution >= 4 is 23.4 Å². The number of nitrogens with one attached hydrogen (secondary N) is 2. The highest BCUT2D eigenvalue weighted by atomic mass is 35.5. The third kappa shape index (κ3) is 5.97. The minimum Gasteiger partial charge on any atom is -0.353 e. The van der Waals surface area contributed by atoms with Gasteiger partial charge in [0.15, 0.2) is 0 Å². The molecule has 0 saturated carbocycles. The van der Waals surface area contributed by atoms with Crippen LogP contribution in [0, 0.1) is 5.92 Å². The van der Waals surface area contributed by atoms with Gasteiger partial charge < -0.3 is 16.4 Å². The largest absolute Gasteiger partial charge is 0.353 e. The van der Waals surface area contributed by atoms with Gasteiger partial charge in [0.05, 0.1) is 18.6 Å². The van der Waals surface area contributed by atoms with Crippen molar-refractivity contribution in [2.24, 2.45) is 11.7 Å². The molecule has 26 heavy (non-hydrogen) atoms. The Balaban J connectivity index is 1.90. The van der Waals surface area contributed by atoms with E-state index in [1.807, 2.05) is 38.1 Å².